The number of azo groups is 1. The molecule has 0 radical (unpaired) electrons. The van der Waals surface area contributed by atoms with E-state index >= 15 is 0 Å². The molecule has 6 heteroatoms. The van der Waals surface area contributed by atoms with Crippen molar-refractivity contribution in [1.29, 1.82) is 0 Å². The summed E-state index contributed by atoms with van der Waals surface area (Å²) >= 11 is 0. The van der Waals surface area contributed by atoms with Gasteiger partial charge >= 0.3 is 0 Å². The van der Waals surface area contributed by atoms with Crippen LogP contribution in [0.1, 0.15) is 0 Å². The second-order valence-electron chi connectivity index (χ2n) is 4.71. The van der Waals surface area contributed by atoms with Crippen molar-refractivity contribution in [2.24, 2.45) is 10.2 Å². The van der Waals surface area contributed by atoms with Crippen LogP contribution in [-0.4, -0.2) is 19.6 Å². The maximum Gasteiger partial charge on any atom is 0.253 e. The van der Waals surface area contributed by atoms with Crippen molar-refractivity contribution in [1.82, 2.24) is 19.6 Å². The first kappa shape index (κ1) is 12.5. The van der Waals surface area contributed by atoms with Gasteiger partial charge in [0.1, 0.15) is 12.0 Å². The van der Waals surface area contributed by atoms with Gasteiger partial charge in [0.2, 0.25) is 5.82 Å². The van der Waals surface area contributed by atoms with Crippen LogP contribution in [0.4, 0.5) is 11.5 Å². The van der Waals surface area contributed by atoms with Gasteiger partial charge in [-0.25, -0.2) is 9.97 Å². The van der Waals surface area contributed by atoms with Gasteiger partial charge in [0.15, 0.2) is 0 Å². The Bertz CT molecular complexity index is 921. The first-order chi connectivity index (χ1) is 10.9. The zero-order chi connectivity index (χ0) is 14.8. The van der Waals surface area contributed by atoms with Crippen LogP contribution in [0.15, 0.2) is 77.2 Å². The molecule has 0 unspecified atom stereocenters. The van der Waals surface area contributed by atoms with Crippen LogP contribution < -0.4 is 0 Å². The number of nitrogens with one attached hydrogen (secondary N) is 1. The third-order valence-corrected chi connectivity index (χ3v) is 3.27. The molecule has 22 heavy (non-hydrogen) atoms. The van der Waals surface area contributed by atoms with Gasteiger partial charge in [0.05, 0.1) is 5.69 Å². The molecule has 0 aliphatic heterocycles. The average molecular weight is 288 g/mol. The number of fused-ring (bicyclic) bond motifs is 1. The van der Waals surface area contributed by atoms with Gasteiger partial charge in [-0.1, -0.05) is 48.5 Å². The van der Waals surface area contributed by atoms with Crippen molar-refractivity contribution in [3.8, 4) is 11.3 Å². The number of aromatic nitrogens is 4. The van der Waals surface area contributed by atoms with Crippen LogP contribution in [0.25, 0.3) is 17.0 Å². The molecule has 4 aromatic rings. The maximum atomic E-state index is 4.52. The fraction of sp³-hybridized carbons (Fsp3) is 0. The molecule has 106 valence electrons. The summed E-state index contributed by atoms with van der Waals surface area (Å²) in [6, 6.07) is 19.5. The van der Waals surface area contributed by atoms with Crippen LogP contribution >= 0.6 is 0 Å². The highest BCUT2D eigenvalue weighted by Gasteiger charge is 2.15. The van der Waals surface area contributed by atoms with Gasteiger partial charge in [0.25, 0.3) is 5.78 Å². The third kappa shape index (κ3) is 2.16. The summed E-state index contributed by atoms with van der Waals surface area (Å²) in [5, 5.41) is 11.7. The van der Waals surface area contributed by atoms with E-state index in [2.05, 4.69) is 25.3 Å². The Balaban J connectivity index is 1.85. The van der Waals surface area contributed by atoms with E-state index in [1.54, 1.807) is 10.8 Å². The van der Waals surface area contributed by atoms with Gasteiger partial charge in [-0.2, -0.15) is 4.52 Å². The van der Waals surface area contributed by atoms with E-state index in [4.69, 9.17) is 0 Å². The predicted molar refractivity (Wildman–Crippen MR) is 83.4 cm³/mol. The molecule has 0 amide bonds. The Morgan fingerprint density at radius 2 is 1.59 bits per heavy atom. The lowest BCUT2D eigenvalue weighted by molar-refractivity contribution is 0.953. The van der Waals surface area contributed by atoms with E-state index < -0.39 is 0 Å². The van der Waals surface area contributed by atoms with Crippen molar-refractivity contribution in [3.63, 3.8) is 0 Å². The number of benzene rings is 2. The Morgan fingerprint density at radius 3 is 2.36 bits per heavy atom. The van der Waals surface area contributed by atoms with E-state index in [0.29, 0.717) is 11.6 Å². The van der Waals surface area contributed by atoms with E-state index in [0.717, 1.165) is 16.9 Å². The minimum absolute atomic E-state index is 0.570. The highest BCUT2D eigenvalue weighted by molar-refractivity contribution is 5.72. The number of hydrogen-bond acceptors (Lipinski definition) is 4. The zero-order valence-electron chi connectivity index (χ0n) is 11.6. The molecule has 0 aliphatic carbocycles. The summed E-state index contributed by atoms with van der Waals surface area (Å²) in [7, 11) is 0. The summed E-state index contributed by atoms with van der Waals surface area (Å²) < 4.78 is 1.72. The molecule has 0 spiro atoms. The Hall–Kier alpha value is -3.28. The molecule has 6 nitrogen and oxygen atoms in total. The lowest BCUT2D eigenvalue weighted by Crippen LogP contribution is -1.82. The molecule has 0 aliphatic rings. The monoisotopic (exact) mass is 288 g/mol. The Kier molecular flexibility index (Phi) is 2.97. The van der Waals surface area contributed by atoms with Crippen molar-refractivity contribution in [2.45, 2.75) is 0 Å². The summed E-state index contributed by atoms with van der Waals surface area (Å²) in [4.78, 5) is 8.70. The molecule has 0 saturated carbocycles. The summed E-state index contributed by atoms with van der Waals surface area (Å²) in [6.45, 7) is 0. The van der Waals surface area contributed by atoms with Crippen molar-refractivity contribution in [2.75, 3.05) is 0 Å². The van der Waals surface area contributed by atoms with Gasteiger partial charge in [-0.15, -0.1) is 10.2 Å². The Labute approximate surface area is 126 Å². The average Bonchev–Trinajstić information content (AvgIpc) is 3.16. The minimum atomic E-state index is 0.570. The topological polar surface area (TPSA) is 70.7 Å². The normalized spacial score (nSPS) is 11.5. The van der Waals surface area contributed by atoms with Gasteiger partial charge in [0, 0.05) is 5.56 Å². The van der Waals surface area contributed by atoms with Gasteiger partial charge in [-0.3, -0.25) is 5.10 Å². The van der Waals surface area contributed by atoms with Crippen LogP contribution in [0.3, 0.4) is 0 Å². The second kappa shape index (κ2) is 5.25. The number of nitrogens with zero attached hydrogens (tertiary/aromatic N) is 5. The Morgan fingerprint density at radius 1 is 0.864 bits per heavy atom. The molecule has 0 saturated heterocycles. The SMILES string of the molecule is c1ccc(N=Nc2c(-c3ccccc3)nc3nc[nH]n23)cc1. The molecule has 2 heterocycles. The van der Waals surface area contributed by atoms with E-state index in [1.807, 2.05) is 60.7 Å². The highest BCUT2D eigenvalue weighted by atomic mass is 15.4. The smallest absolute Gasteiger partial charge is 0.253 e. The van der Waals surface area contributed by atoms with E-state index in [1.165, 1.54) is 0 Å². The molecule has 4 rings (SSSR count). The zero-order valence-corrected chi connectivity index (χ0v) is 11.6. The van der Waals surface area contributed by atoms with Crippen LogP contribution in [0.5, 0.6) is 0 Å². The number of hydrogen-bond donors (Lipinski definition) is 1. The van der Waals surface area contributed by atoms with Crippen LogP contribution in [-0.2, 0) is 0 Å². The molecule has 0 fully saturated rings. The fourth-order valence-electron chi connectivity index (χ4n) is 2.23. The lowest BCUT2D eigenvalue weighted by Gasteiger charge is -1.98. The summed E-state index contributed by atoms with van der Waals surface area (Å²) in [5.41, 5.74) is 2.51. The molecule has 2 aromatic heterocycles. The molecule has 0 atom stereocenters. The van der Waals surface area contributed by atoms with Crippen molar-refractivity contribution < 1.29 is 0 Å². The molecule has 2 aromatic carbocycles. The van der Waals surface area contributed by atoms with Crippen molar-refractivity contribution >= 4 is 17.3 Å². The lowest BCUT2D eigenvalue weighted by atomic mass is 10.1. The number of H-pyrrole nitrogens is 1. The van der Waals surface area contributed by atoms with Crippen LogP contribution in [0.2, 0.25) is 0 Å². The number of imidazole rings is 1. The van der Waals surface area contributed by atoms with Gasteiger partial charge in [-0.05, 0) is 12.1 Å². The minimum Gasteiger partial charge on any atom is -0.279 e. The third-order valence-electron chi connectivity index (χ3n) is 3.27. The summed E-state index contributed by atoms with van der Waals surface area (Å²) in [6.07, 6.45) is 1.58. The predicted octanol–water partition coefficient (Wildman–Crippen LogP) is 4.14. The van der Waals surface area contributed by atoms with Crippen LogP contribution in [0, 0.1) is 0 Å². The van der Waals surface area contributed by atoms with E-state index in [9.17, 15) is 0 Å². The first-order valence-electron chi connectivity index (χ1n) is 6.86. The van der Waals surface area contributed by atoms with Crippen molar-refractivity contribution in [3.05, 3.63) is 67.0 Å². The quantitative estimate of drug-likeness (QED) is 0.575. The summed E-state index contributed by atoms with van der Waals surface area (Å²) in [5.74, 6) is 1.20. The number of rotatable bonds is 3. The largest absolute Gasteiger partial charge is 0.279 e. The van der Waals surface area contributed by atoms with E-state index in [-0.39, 0.29) is 0 Å². The first-order valence-corrected chi connectivity index (χ1v) is 6.86. The fourth-order valence-corrected chi connectivity index (χ4v) is 2.23. The maximum absolute atomic E-state index is 4.52. The van der Waals surface area contributed by atoms with Gasteiger partial charge < -0.3 is 0 Å². The highest BCUT2D eigenvalue weighted by Crippen LogP contribution is 2.30. The molecule has 1 N–H and O–H groups in total. The molecular formula is C16H12N6. The molecule has 0 bridgehead atoms. The second-order valence-corrected chi connectivity index (χ2v) is 4.71. The number of aromatic amines is 1. The molecular weight excluding hydrogens is 276 g/mol. The standard InChI is InChI=1S/C16H12N6/c1-3-7-12(8-4-1)14-15(22-16(19-14)17-11-18-22)21-20-13-9-5-2-6-10-13/h1-11H,(H,17,18,19).